The molecule has 2 aromatic rings. The zero-order valence-electron chi connectivity index (χ0n) is 15.2. The van der Waals surface area contributed by atoms with Crippen molar-refractivity contribution in [3.63, 3.8) is 0 Å². The molecule has 5 nitrogen and oxygen atoms in total. The van der Waals surface area contributed by atoms with Crippen LogP contribution in [0.1, 0.15) is 32.6 Å². The normalized spacial score (nSPS) is 20.7. The molecule has 0 bridgehead atoms. The molecular weight excluding hydrogens is 346 g/mol. The van der Waals surface area contributed by atoms with Crippen LogP contribution in [0.15, 0.2) is 48.5 Å². The second-order valence-electron chi connectivity index (χ2n) is 6.89. The van der Waals surface area contributed by atoms with Crippen molar-refractivity contribution in [3.05, 3.63) is 48.5 Å². The average Bonchev–Trinajstić information content (AvgIpc) is 2.68. The lowest BCUT2D eigenvalue weighted by atomic mass is 9.86. The number of nitrogens with one attached hydrogen (secondary N) is 2. The number of nitrogens with zero attached hydrogens (tertiary/aromatic N) is 1. The van der Waals surface area contributed by atoms with Crippen molar-refractivity contribution in [1.82, 2.24) is 9.71 Å². The van der Waals surface area contributed by atoms with Gasteiger partial charge in [-0.25, -0.2) is 18.1 Å². The first-order chi connectivity index (χ1) is 12.6. The van der Waals surface area contributed by atoms with Crippen LogP contribution in [0.3, 0.4) is 0 Å². The Hall–Kier alpha value is -1.92. The molecule has 0 amide bonds. The number of pyridine rings is 1. The van der Waals surface area contributed by atoms with E-state index in [0.29, 0.717) is 18.5 Å². The van der Waals surface area contributed by atoms with Gasteiger partial charge in [-0.2, -0.15) is 0 Å². The molecule has 1 aliphatic carbocycles. The van der Waals surface area contributed by atoms with Gasteiger partial charge in [0.05, 0.1) is 11.4 Å². The number of benzene rings is 1. The Bertz CT molecular complexity index is 801. The predicted molar refractivity (Wildman–Crippen MR) is 107 cm³/mol. The molecule has 26 heavy (non-hydrogen) atoms. The molecule has 1 heterocycles. The predicted octanol–water partition coefficient (Wildman–Crippen LogP) is 3.66. The second kappa shape index (κ2) is 8.64. The molecule has 6 heteroatoms. The van der Waals surface area contributed by atoms with Gasteiger partial charge in [0.15, 0.2) is 0 Å². The monoisotopic (exact) mass is 373 g/mol. The Morgan fingerprint density at radius 2 is 1.73 bits per heavy atom. The highest BCUT2D eigenvalue weighted by Crippen LogP contribution is 2.26. The van der Waals surface area contributed by atoms with Crippen LogP contribution < -0.4 is 10.0 Å². The highest BCUT2D eigenvalue weighted by atomic mass is 32.2. The Morgan fingerprint density at radius 3 is 2.42 bits per heavy atom. The van der Waals surface area contributed by atoms with Crippen molar-refractivity contribution in [1.29, 1.82) is 0 Å². The van der Waals surface area contributed by atoms with Crippen molar-refractivity contribution < 1.29 is 8.42 Å². The summed E-state index contributed by atoms with van der Waals surface area (Å²) < 4.78 is 25.8. The quantitative estimate of drug-likeness (QED) is 0.777. The second-order valence-corrected chi connectivity index (χ2v) is 8.98. The lowest BCUT2D eigenvalue weighted by Gasteiger charge is -2.29. The molecule has 0 saturated heterocycles. The van der Waals surface area contributed by atoms with Crippen LogP contribution >= 0.6 is 0 Å². The minimum atomic E-state index is -3.09. The zero-order chi connectivity index (χ0) is 18.4. The van der Waals surface area contributed by atoms with Gasteiger partial charge in [0.2, 0.25) is 10.0 Å². The Morgan fingerprint density at radius 1 is 1.00 bits per heavy atom. The summed E-state index contributed by atoms with van der Waals surface area (Å²) >= 11 is 0. The SMILES string of the molecule is CCS(=O)(=O)NC[C@H]1CC[C@H](Nc2cccc(-c3ccccc3)n2)CC1. The first-order valence-electron chi connectivity index (χ1n) is 9.32. The summed E-state index contributed by atoms with van der Waals surface area (Å²) in [6.07, 6.45) is 4.14. The van der Waals surface area contributed by atoms with Crippen molar-refractivity contribution in [2.45, 2.75) is 38.6 Å². The van der Waals surface area contributed by atoms with E-state index >= 15 is 0 Å². The van der Waals surface area contributed by atoms with E-state index in [9.17, 15) is 8.42 Å². The van der Waals surface area contributed by atoms with Gasteiger partial charge in [-0.05, 0) is 50.7 Å². The number of hydrogen-bond acceptors (Lipinski definition) is 4. The number of anilines is 1. The van der Waals surface area contributed by atoms with Gasteiger partial charge in [0.1, 0.15) is 5.82 Å². The summed E-state index contributed by atoms with van der Waals surface area (Å²) in [4.78, 5) is 4.73. The van der Waals surface area contributed by atoms with Crippen molar-refractivity contribution in [2.75, 3.05) is 17.6 Å². The number of sulfonamides is 1. The molecule has 0 atom stereocenters. The molecule has 1 aromatic heterocycles. The maximum absolute atomic E-state index is 11.6. The smallest absolute Gasteiger partial charge is 0.211 e. The summed E-state index contributed by atoms with van der Waals surface area (Å²) in [5, 5.41) is 3.55. The molecule has 0 spiro atoms. The lowest BCUT2D eigenvalue weighted by molar-refractivity contribution is 0.337. The topological polar surface area (TPSA) is 71.1 Å². The van der Waals surface area contributed by atoms with E-state index in [0.717, 1.165) is 42.8 Å². The fourth-order valence-corrected chi connectivity index (χ4v) is 4.05. The third kappa shape index (κ3) is 5.29. The maximum atomic E-state index is 11.6. The van der Waals surface area contributed by atoms with Crippen LogP contribution in [-0.4, -0.2) is 31.7 Å². The van der Waals surface area contributed by atoms with Crippen LogP contribution in [0.2, 0.25) is 0 Å². The third-order valence-electron chi connectivity index (χ3n) is 4.99. The maximum Gasteiger partial charge on any atom is 0.211 e. The number of hydrogen-bond donors (Lipinski definition) is 2. The Labute approximate surface area is 156 Å². The minimum absolute atomic E-state index is 0.146. The van der Waals surface area contributed by atoms with E-state index in [1.54, 1.807) is 6.92 Å². The Balaban J connectivity index is 1.52. The van der Waals surface area contributed by atoms with Crippen molar-refractivity contribution in [3.8, 4) is 11.3 Å². The van der Waals surface area contributed by atoms with E-state index in [-0.39, 0.29) is 5.75 Å². The van der Waals surface area contributed by atoms with Crippen LogP contribution in [0.5, 0.6) is 0 Å². The van der Waals surface area contributed by atoms with Crippen molar-refractivity contribution >= 4 is 15.8 Å². The molecule has 1 saturated carbocycles. The summed E-state index contributed by atoms with van der Waals surface area (Å²) in [7, 11) is -3.09. The molecule has 140 valence electrons. The fraction of sp³-hybridized carbons (Fsp3) is 0.450. The van der Waals surface area contributed by atoms with Gasteiger partial charge in [-0.3, -0.25) is 0 Å². The van der Waals surface area contributed by atoms with Crippen LogP contribution in [-0.2, 0) is 10.0 Å². The summed E-state index contributed by atoms with van der Waals surface area (Å²) in [6.45, 7) is 2.23. The molecule has 1 fully saturated rings. The molecular formula is C20H27N3O2S. The largest absolute Gasteiger partial charge is 0.367 e. The van der Waals surface area contributed by atoms with Gasteiger partial charge in [-0.15, -0.1) is 0 Å². The van der Waals surface area contributed by atoms with Gasteiger partial charge in [0.25, 0.3) is 0 Å². The number of aromatic nitrogens is 1. The van der Waals surface area contributed by atoms with Gasteiger partial charge in [0, 0.05) is 18.2 Å². The Kier molecular flexibility index (Phi) is 6.27. The van der Waals surface area contributed by atoms with E-state index in [1.165, 1.54) is 0 Å². The van der Waals surface area contributed by atoms with Crippen LogP contribution in [0.25, 0.3) is 11.3 Å². The first-order valence-corrected chi connectivity index (χ1v) is 11.0. The molecule has 0 radical (unpaired) electrons. The molecule has 3 rings (SSSR count). The van der Waals surface area contributed by atoms with Crippen LogP contribution in [0, 0.1) is 5.92 Å². The fourth-order valence-electron chi connectivity index (χ4n) is 3.35. The molecule has 0 unspecified atom stereocenters. The van der Waals surface area contributed by atoms with E-state index < -0.39 is 10.0 Å². The third-order valence-corrected chi connectivity index (χ3v) is 6.36. The zero-order valence-corrected chi connectivity index (χ0v) is 16.0. The van der Waals surface area contributed by atoms with Crippen LogP contribution in [0.4, 0.5) is 5.82 Å². The van der Waals surface area contributed by atoms with E-state index in [4.69, 9.17) is 4.98 Å². The highest BCUT2D eigenvalue weighted by Gasteiger charge is 2.22. The first kappa shape index (κ1) is 18.9. The lowest BCUT2D eigenvalue weighted by Crippen LogP contribution is -2.34. The standard InChI is InChI=1S/C20H27N3O2S/c1-2-26(24,25)21-15-16-11-13-18(14-12-16)22-20-10-6-9-19(23-20)17-7-4-3-5-8-17/h3-10,16,18,21H,2,11-15H2,1H3,(H,22,23)/t16-,18-. The highest BCUT2D eigenvalue weighted by molar-refractivity contribution is 7.89. The van der Waals surface area contributed by atoms with Crippen molar-refractivity contribution in [2.24, 2.45) is 5.92 Å². The van der Waals surface area contributed by atoms with Gasteiger partial charge < -0.3 is 5.32 Å². The molecule has 1 aromatic carbocycles. The molecule has 2 N–H and O–H groups in total. The number of rotatable bonds is 7. The van der Waals surface area contributed by atoms with Gasteiger partial charge in [-0.1, -0.05) is 36.4 Å². The minimum Gasteiger partial charge on any atom is -0.367 e. The summed E-state index contributed by atoms with van der Waals surface area (Å²) in [6, 6.07) is 16.6. The van der Waals surface area contributed by atoms with E-state index in [2.05, 4.69) is 22.2 Å². The molecule has 1 aliphatic rings. The average molecular weight is 374 g/mol. The van der Waals surface area contributed by atoms with Gasteiger partial charge >= 0.3 is 0 Å². The molecule has 0 aliphatic heterocycles. The van der Waals surface area contributed by atoms with E-state index in [1.807, 2.05) is 36.4 Å². The summed E-state index contributed by atoms with van der Waals surface area (Å²) in [5.74, 6) is 1.48. The summed E-state index contributed by atoms with van der Waals surface area (Å²) in [5.41, 5.74) is 2.08.